The molecule has 7 nitrogen and oxygen atoms in total. The van der Waals surface area contributed by atoms with E-state index in [1.807, 2.05) is 12.1 Å². The quantitative estimate of drug-likeness (QED) is 0.828. The third-order valence-corrected chi connectivity index (χ3v) is 4.93. The lowest BCUT2D eigenvalue weighted by atomic mass is 9.86. The predicted molar refractivity (Wildman–Crippen MR) is 94.4 cm³/mol. The fraction of sp³-hybridized carbons (Fsp3) is 0.300. The van der Waals surface area contributed by atoms with Gasteiger partial charge in [-0.2, -0.15) is 0 Å². The van der Waals surface area contributed by atoms with Crippen molar-refractivity contribution >= 4 is 12.1 Å². The summed E-state index contributed by atoms with van der Waals surface area (Å²) in [4.78, 5) is 24.5. The number of carbonyl (C=O) groups excluding carboxylic acids is 2. The average Bonchev–Trinajstić information content (AvgIpc) is 3.13. The number of phenolic OH excluding ortho intramolecular Hbond substituents is 1. The van der Waals surface area contributed by atoms with Crippen molar-refractivity contribution in [3.63, 3.8) is 0 Å². The van der Waals surface area contributed by atoms with E-state index < -0.39 is 11.7 Å². The molecule has 0 aromatic heterocycles. The summed E-state index contributed by atoms with van der Waals surface area (Å²) in [6.07, 6.45) is 0.895. The van der Waals surface area contributed by atoms with Gasteiger partial charge in [-0.1, -0.05) is 6.07 Å². The first kappa shape index (κ1) is 17.2. The number of ether oxygens (including phenoxy) is 4. The first-order chi connectivity index (χ1) is 13.0. The maximum Gasteiger partial charge on any atom is 0.231 e. The standard InChI is InChI=1S/C20H18O7/c1-10-19(24-2)13(7-21)18(23)16-17(22)12(8-25-20(10)16)5-11-3-4-14-15(6-11)27-9-26-14/h3-4,6-7,12,23H,5,8-9H2,1-2H3. The van der Waals surface area contributed by atoms with Gasteiger partial charge in [-0.05, 0) is 31.0 Å². The number of benzene rings is 2. The lowest BCUT2D eigenvalue weighted by molar-refractivity contribution is 0.0824. The maximum atomic E-state index is 13.0. The Kier molecular flexibility index (Phi) is 4.14. The van der Waals surface area contributed by atoms with Crippen molar-refractivity contribution in [2.45, 2.75) is 13.3 Å². The van der Waals surface area contributed by atoms with Gasteiger partial charge in [0.2, 0.25) is 6.79 Å². The van der Waals surface area contributed by atoms with Gasteiger partial charge in [-0.3, -0.25) is 9.59 Å². The zero-order chi connectivity index (χ0) is 19.1. The SMILES string of the molecule is COc1c(C)c2c(c(O)c1C=O)C(=O)C(Cc1ccc3c(c1)OCO3)CO2. The van der Waals surface area contributed by atoms with Crippen LogP contribution in [-0.2, 0) is 6.42 Å². The molecule has 0 aliphatic carbocycles. The molecule has 140 valence electrons. The van der Waals surface area contributed by atoms with E-state index >= 15 is 0 Å². The Bertz CT molecular complexity index is 948. The maximum absolute atomic E-state index is 13.0. The summed E-state index contributed by atoms with van der Waals surface area (Å²) in [5, 5.41) is 10.5. The fourth-order valence-corrected chi connectivity index (χ4v) is 3.59. The average molecular weight is 370 g/mol. The molecule has 4 rings (SSSR count). The van der Waals surface area contributed by atoms with Crippen molar-refractivity contribution < 1.29 is 33.6 Å². The van der Waals surface area contributed by atoms with E-state index in [4.69, 9.17) is 18.9 Å². The van der Waals surface area contributed by atoms with Gasteiger partial charge in [-0.25, -0.2) is 0 Å². The lowest BCUT2D eigenvalue weighted by Crippen LogP contribution is -2.30. The van der Waals surface area contributed by atoms with Crippen molar-refractivity contribution in [3.05, 3.63) is 40.5 Å². The molecule has 2 aromatic carbocycles. The molecule has 2 heterocycles. The van der Waals surface area contributed by atoms with E-state index in [0.717, 1.165) is 5.56 Å². The zero-order valence-corrected chi connectivity index (χ0v) is 14.9. The van der Waals surface area contributed by atoms with E-state index in [2.05, 4.69) is 0 Å². The molecule has 0 fully saturated rings. The monoisotopic (exact) mass is 370 g/mol. The van der Waals surface area contributed by atoms with Crippen LogP contribution in [0.2, 0.25) is 0 Å². The minimum atomic E-state index is -0.490. The number of fused-ring (bicyclic) bond motifs is 2. The smallest absolute Gasteiger partial charge is 0.231 e. The van der Waals surface area contributed by atoms with Gasteiger partial charge in [0.15, 0.2) is 23.6 Å². The van der Waals surface area contributed by atoms with Crippen LogP contribution in [0, 0.1) is 12.8 Å². The highest BCUT2D eigenvalue weighted by atomic mass is 16.7. The Morgan fingerprint density at radius 3 is 2.78 bits per heavy atom. The Balaban J connectivity index is 1.69. The molecular weight excluding hydrogens is 352 g/mol. The van der Waals surface area contributed by atoms with E-state index in [-0.39, 0.29) is 41.8 Å². The number of phenols is 1. The number of hydrogen-bond donors (Lipinski definition) is 1. The number of aldehydes is 1. The highest BCUT2D eigenvalue weighted by molar-refractivity contribution is 6.07. The second kappa shape index (κ2) is 6.50. The van der Waals surface area contributed by atoms with Crippen molar-refractivity contribution in [2.75, 3.05) is 20.5 Å². The number of aromatic hydroxyl groups is 1. The molecular formula is C20H18O7. The highest BCUT2D eigenvalue weighted by Gasteiger charge is 2.36. The van der Waals surface area contributed by atoms with Gasteiger partial charge in [0.25, 0.3) is 0 Å². The molecule has 1 unspecified atom stereocenters. The first-order valence-corrected chi connectivity index (χ1v) is 8.49. The number of Topliss-reactive ketones (excluding diaryl/α,β-unsaturated/α-hetero) is 1. The van der Waals surface area contributed by atoms with Crippen LogP contribution in [0.25, 0.3) is 0 Å². The zero-order valence-electron chi connectivity index (χ0n) is 14.9. The number of hydrogen-bond acceptors (Lipinski definition) is 7. The van der Waals surface area contributed by atoms with Crippen molar-refractivity contribution in [1.29, 1.82) is 0 Å². The van der Waals surface area contributed by atoms with Crippen LogP contribution in [0.1, 0.15) is 31.8 Å². The van der Waals surface area contributed by atoms with Crippen LogP contribution in [0.5, 0.6) is 28.7 Å². The number of rotatable bonds is 4. The number of carbonyl (C=O) groups is 2. The Labute approximate surface area is 155 Å². The minimum Gasteiger partial charge on any atom is -0.506 e. The second-order valence-electron chi connectivity index (χ2n) is 6.51. The van der Waals surface area contributed by atoms with E-state index in [9.17, 15) is 14.7 Å². The topological polar surface area (TPSA) is 91.3 Å². The summed E-state index contributed by atoms with van der Waals surface area (Å²) in [5.74, 6) is 0.638. The highest BCUT2D eigenvalue weighted by Crippen LogP contribution is 2.45. The van der Waals surface area contributed by atoms with Crippen LogP contribution >= 0.6 is 0 Å². The molecule has 0 saturated carbocycles. The van der Waals surface area contributed by atoms with Crippen LogP contribution < -0.4 is 18.9 Å². The number of methoxy groups -OCH3 is 1. The van der Waals surface area contributed by atoms with Gasteiger partial charge in [0.1, 0.15) is 22.8 Å². The molecule has 7 heteroatoms. The minimum absolute atomic E-state index is 0.0346. The van der Waals surface area contributed by atoms with Crippen molar-refractivity contribution in [3.8, 4) is 28.7 Å². The first-order valence-electron chi connectivity index (χ1n) is 8.49. The molecule has 2 aliphatic heterocycles. The summed E-state index contributed by atoms with van der Waals surface area (Å²) in [7, 11) is 1.40. The third-order valence-electron chi connectivity index (χ3n) is 4.93. The molecule has 2 aliphatic rings. The molecule has 27 heavy (non-hydrogen) atoms. The summed E-state index contributed by atoms with van der Waals surface area (Å²) in [6, 6.07) is 5.50. The molecule has 1 N–H and O–H groups in total. The van der Waals surface area contributed by atoms with E-state index in [0.29, 0.717) is 29.8 Å². The van der Waals surface area contributed by atoms with Crippen molar-refractivity contribution in [2.24, 2.45) is 5.92 Å². The summed E-state index contributed by atoms with van der Waals surface area (Å²) in [5.41, 5.74) is 1.40. The normalized spacial score (nSPS) is 17.3. The lowest BCUT2D eigenvalue weighted by Gasteiger charge is -2.27. The Hall–Kier alpha value is -3.22. The second-order valence-corrected chi connectivity index (χ2v) is 6.51. The molecule has 0 bridgehead atoms. The van der Waals surface area contributed by atoms with Gasteiger partial charge >= 0.3 is 0 Å². The van der Waals surface area contributed by atoms with Gasteiger partial charge in [0.05, 0.1) is 25.2 Å². The number of ketones is 1. The van der Waals surface area contributed by atoms with E-state index in [1.165, 1.54) is 7.11 Å². The summed E-state index contributed by atoms with van der Waals surface area (Å²) < 4.78 is 21.7. The predicted octanol–water partition coefficient (Wildman–Crippen LogP) is 2.68. The summed E-state index contributed by atoms with van der Waals surface area (Å²) >= 11 is 0. The largest absolute Gasteiger partial charge is 0.506 e. The molecule has 0 radical (unpaired) electrons. The Morgan fingerprint density at radius 1 is 1.26 bits per heavy atom. The van der Waals surface area contributed by atoms with Gasteiger partial charge < -0.3 is 24.1 Å². The van der Waals surface area contributed by atoms with E-state index in [1.54, 1.807) is 13.0 Å². The molecule has 0 spiro atoms. The summed E-state index contributed by atoms with van der Waals surface area (Å²) in [6.45, 7) is 2.04. The van der Waals surface area contributed by atoms with Crippen molar-refractivity contribution in [1.82, 2.24) is 0 Å². The van der Waals surface area contributed by atoms with Gasteiger partial charge in [-0.15, -0.1) is 0 Å². The fourth-order valence-electron chi connectivity index (χ4n) is 3.59. The molecule has 0 amide bonds. The Morgan fingerprint density at radius 2 is 2.04 bits per heavy atom. The van der Waals surface area contributed by atoms with Gasteiger partial charge in [0, 0.05) is 5.56 Å². The molecule has 0 saturated heterocycles. The molecule has 1 atom stereocenters. The van der Waals surface area contributed by atoms with Crippen LogP contribution in [0.4, 0.5) is 0 Å². The third kappa shape index (κ3) is 2.66. The molecule has 2 aromatic rings. The van der Waals surface area contributed by atoms with Crippen LogP contribution in [0.15, 0.2) is 18.2 Å². The van der Waals surface area contributed by atoms with Crippen LogP contribution in [-0.4, -0.2) is 37.7 Å². The van der Waals surface area contributed by atoms with Crippen LogP contribution in [0.3, 0.4) is 0 Å².